The van der Waals surface area contributed by atoms with Crippen molar-refractivity contribution in [2.45, 2.75) is 45.1 Å². The van der Waals surface area contributed by atoms with Gasteiger partial charge in [-0.15, -0.1) is 0 Å². The van der Waals surface area contributed by atoms with Crippen LogP contribution in [0.2, 0.25) is 0 Å². The number of pyridine rings is 2. The van der Waals surface area contributed by atoms with Crippen LogP contribution in [-0.4, -0.2) is 16.5 Å². The summed E-state index contributed by atoms with van der Waals surface area (Å²) >= 11 is 0. The molecule has 0 spiro atoms. The summed E-state index contributed by atoms with van der Waals surface area (Å²) in [6.45, 7) is 1.24. The average Bonchev–Trinajstić information content (AvgIpc) is 2.94. The Labute approximate surface area is 212 Å². The second kappa shape index (κ2) is 11.4. The quantitative estimate of drug-likeness (QED) is 0.256. The maximum absolute atomic E-state index is 9.50. The molecular formula is C31H28N4O. The smallest absolute Gasteiger partial charge is 0.183 e. The molecule has 1 aliphatic carbocycles. The molecule has 0 atom stereocenters. The number of unbranched alkanes of at least 4 members (excludes halogenated alkanes) is 1. The van der Waals surface area contributed by atoms with Crippen molar-refractivity contribution in [2.24, 2.45) is 0 Å². The Morgan fingerprint density at radius 3 is 2.64 bits per heavy atom. The van der Waals surface area contributed by atoms with Gasteiger partial charge in [-0.05, 0) is 67.4 Å². The number of aryl methyl sites for hydroxylation is 1. The SMILES string of the molecule is N#Cc1nc(C#CCCCNc2c3c(nc4ccccc24)CCCC3)ccc1OCc1ccccc1. The van der Waals surface area contributed by atoms with E-state index in [1.807, 2.05) is 36.4 Å². The zero-order valence-electron chi connectivity index (χ0n) is 20.3. The fourth-order valence-corrected chi connectivity index (χ4v) is 4.57. The molecule has 0 radical (unpaired) electrons. The molecular weight excluding hydrogens is 444 g/mol. The molecule has 0 aliphatic heterocycles. The van der Waals surface area contributed by atoms with Gasteiger partial charge in [0.1, 0.15) is 18.4 Å². The molecule has 0 saturated heterocycles. The van der Waals surface area contributed by atoms with Gasteiger partial charge < -0.3 is 10.1 Å². The first kappa shape index (κ1) is 23.4. The zero-order chi connectivity index (χ0) is 24.6. The summed E-state index contributed by atoms with van der Waals surface area (Å²) in [6, 6.07) is 24.0. The van der Waals surface area contributed by atoms with Crippen LogP contribution in [0.3, 0.4) is 0 Å². The molecule has 0 amide bonds. The third-order valence-corrected chi connectivity index (χ3v) is 6.37. The predicted octanol–water partition coefficient (Wildman–Crippen LogP) is 6.20. The molecule has 1 aliphatic rings. The van der Waals surface area contributed by atoms with Crippen LogP contribution in [0.1, 0.15) is 53.9 Å². The van der Waals surface area contributed by atoms with E-state index in [1.165, 1.54) is 35.2 Å². The summed E-state index contributed by atoms with van der Waals surface area (Å²) < 4.78 is 5.79. The fraction of sp³-hybridized carbons (Fsp3) is 0.258. The second-order valence-electron chi connectivity index (χ2n) is 8.90. The van der Waals surface area contributed by atoms with E-state index in [0.717, 1.165) is 43.3 Å². The molecule has 0 bridgehead atoms. The van der Waals surface area contributed by atoms with Gasteiger partial charge in [-0.2, -0.15) is 5.26 Å². The van der Waals surface area contributed by atoms with Crippen LogP contribution >= 0.6 is 0 Å². The average molecular weight is 473 g/mol. The van der Waals surface area contributed by atoms with Gasteiger partial charge in [0.2, 0.25) is 0 Å². The van der Waals surface area contributed by atoms with E-state index >= 15 is 0 Å². The molecule has 2 aromatic heterocycles. The highest BCUT2D eigenvalue weighted by atomic mass is 16.5. The summed E-state index contributed by atoms with van der Waals surface area (Å²) in [5.74, 6) is 6.77. The van der Waals surface area contributed by atoms with E-state index < -0.39 is 0 Å². The lowest BCUT2D eigenvalue weighted by Gasteiger charge is -2.21. The third kappa shape index (κ3) is 5.48. The van der Waals surface area contributed by atoms with E-state index in [2.05, 4.69) is 52.5 Å². The summed E-state index contributed by atoms with van der Waals surface area (Å²) in [5.41, 5.74) is 6.82. The molecule has 5 heteroatoms. The van der Waals surface area contributed by atoms with E-state index in [9.17, 15) is 5.26 Å². The minimum atomic E-state index is 0.258. The number of nitriles is 1. The van der Waals surface area contributed by atoms with Crippen molar-refractivity contribution in [2.75, 3.05) is 11.9 Å². The number of fused-ring (bicyclic) bond motifs is 2. The third-order valence-electron chi connectivity index (χ3n) is 6.37. The summed E-state index contributed by atoms with van der Waals surface area (Å²) in [6.07, 6.45) is 6.26. The Bertz CT molecular complexity index is 1460. The van der Waals surface area contributed by atoms with Crippen LogP contribution in [0.25, 0.3) is 10.9 Å². The topological polar surface area (TPSA) is 70.8 Å². The van der Waals surface area contributed by atoms with Gasteiger partial charge in [0, 0.05) is 29.7 Å². The number of nitrogens with one attached hydrogen (secondary N) is 1. The van der Waals surface area contributed by atoms with Crippen molar-refractivity contribution in [3.05, 3.63) is 94.9 Å². The number of hydrogen-bond donors (Lipinski definition) is 1. The molecule has 5 nitrogen and oxygen atoms in total. The number of benzene rings is 2. The molecule has 178 valence electrons. The maximum atomic E-state index is 9.50. The summed E-state index contributed by atoms with van der Waals surface area (Å²) in [7, 11) is 0. The molecule has 0 fully saturated rings. The number of anilines is 1. The van der Waals surface area contributed by atoms with Crippen molar-refractivity contribution in [1.29, 1.82) is 5.26 Å². The standard InChI is InChI=1S/C31H28N4O/c32-21-29-30(36-22-23-11-3-1-4-12-23)19-18-24(34-29)13-5-2-10-20-33-31-25-14-6-8-16-27(25)35-28-17-9-7-15-26(28)31/h1,3-4,6,8,11-12,14,16,18-19H,2,7,9-10,15,17,20,22H2,(H,33,35). The first-order chi connectivity index (χ1) is 17.8. The number of ether oxygens (including phenoxy) is 1. The monoisotopic (exact) mass is 472 g/mol. The lowest BCUT2D eigenvalue weighted by molar-refractivity contribution is 0.304. The van der Waals surface area contributed by atoms with Crippen LogP contribution in [0, 0.1) is 23.2 Å². The lowest BCUT2D eigenvalue weighted by Crippen LogP contribution is -2.12. The molecule has 2 heterocycles. The Kier molecular flexibility index (Phi) is 7.40. The van der Waals surface area contributed by atoms with Crippen molar-refractivity contribution in [3.8, 4) is 23.7 Å². The molecule has 2 aromatic carbocycles. The number of aromatic nitrogens is 2. The minimum absolute atomic E-state index is 0.258. The van der Waals surface area contributed by atoms with Gasteiger partial charge in [0.05, 0.1) is 5.52 Å². The number of hydrogen-bond acceptors (Lipinski definition) is 5. The van der Waals surface area contributed by atoms with Gasteiger partial charge in [-0.3, -0.25) is 4.98 Å². The molecule has 0 unspecified atom stereocenters. The van der Waals surface area contributed by atoms with Gasteiger partial charge in [0.15, 0.2) is 11.4 Å². The van der Waals surface area contributed by atoms with E-state index in [0.29, 0.717) is 18.1 Å². The van der Waals surface area contributed by atoms with Crippen molar-refractivity contribution < 1.29 is 4.74 Å². The maximum Gasteiger partial charge on any atom is 0.183 e. The largest absolute Gasteiger partial charge is 0.486 e. The normalized spacial score (nSPS) is 12.2. The first-order valence-electron chi connectivity index (χ1n) is 12.5. The van der Waals surface area contributed by atoms with Gasteiger partial charge in [-0.25, -0.2) is 4.98 Å². The van der Waals surface area contributed by atoms with Crippen molar-refractivity contribution in [3.63, 3.8) is 0 Å². The van der Waals surface area contributed by atoms with Gasteiger partial charge in [-0.1, -0.05) is 54.5 Å². The number of rotatable bonds is 7. The molecule has 1 N–H and O–H groups in total. The van der Waals surface area contributed by atoms with Gasteiger partial charge >= 0.3 is 0 Å². The van der Waals surface area contributed by atoms with Crippen LogP contribution in [0.4, 0.5) is 5.69 Å². The van der Waals surface area contributed by atoms with Crippen molar-refractivity contribution >= 4 is 16.6 Å². The Balaban J connectivity index is 1.18. The predicted molar refractivity (Wildman–Crippen MR) is 143 cm³/mol. The summed E-state index contributed by atoms with van der Waals surface area (Å²) in [5, 5.41) is 14.4. The van der Waals surface area contributed by atoms with Crippen LogP contribution < -0.4 is 10.1 Å². The highest BCUT2D eigenvalue weighted by Gasteiger charge is 2.17. The Hall–Kier alpha value is -4.35. The Morgan fingerprint density at radius 1 is 0.917 bits per heavy atom. The van der Waals surface area contributed by atoms with Crippen LogP contribution in [0.15, 0.2) is 66.7 Å². The highest BCUT2D eigenvalue weighted by Crippen LogP contribution is 2.33. The van der Waals surface area contributed by atoms with E-state index in [1.54, 1.807) is 6.07 Å². The van der Waals surface area contributed by atoms with Crippen LogP contribution in [0.5, 0.6) is 5.75 Å². The fourth-order valence-electron chi connectivity index (χ4n) is 4.57. The number of para-hydroxylation sites is 1. The molecule has 5 rings (SSSR count). The molecule has 0 saturated carbocycles. The molecule has 36 heavy (non-hydrogen) atoms. The van der Waals surface area contributed by atoms with Crippen molar-refractivity contribution in [1.82, 2.24) is 9.97 Å². The van der Waals surface area contributed by atoms with Crippen LogP contribution in [-0.2, 0) is 19.4 Å². The minimum Gasteiger partial charge on any atom is -0.486 e. The molecule has 4 aromatic rings. The summed E-state index contributed by atoms with van der Waals surface area (Å²) in [4.78, 5) is 9.28. The van der Waals surface area contributed by atoms with E-state index in [4.69, 9.17) is 9.72 Å². The number of nitrogens with zero attached hydrogens (tertiary/aromatic N) is 3. The van der Waals surface area contributed by atoms with Gasteiger partial charge in [0.25, 0.3) is 0 Å². The second-order valence-corrected chi connectivity index (χ2v) is 8.90. The Morgan fingerprint density at radius 2 is 1.75 bits per heavy atom. The van der Waals surface area contributed by atoms with E-state index in [-0.39, 0.29) is 5.69 Å². The highest BCUT2D eigenvalue weighted by molar-refractivity contribution is 5.93. The zero-order valence-corrected chi connectivity index (χ0v) is 20.3. The first-order valence-corrected chi connectivity index (χ1v) is 12.5. The lowest BCUT2D eigenvalue weighted by atomic mass is 9.92.